The molecule has 0 aromatic rings. The second kappa shape index (κ2) is 8.31. The van der Waals surface area contributed by atoms with Gasteiger partial charge in [-0.05, 0) is 11.0 Å². The molecule has 0 aromatic heterocycles. The van der Waals surface area contributed by atoms with Gasteiger partial charge in [-0.15, -0.1) is 6.92 Å². The predicted octanol–water partition coefficient (Wildman–Crippen LogP) is 2.65. The van der Waals surface area contributed by atoms with Crippen LogP contribution >= 0.6 is 18.6 Å². The van der Waals surface area contributed by atoms with Crippen LogP contribution < -0.4 is 0 Å². The topological polar surface area (TPSA) is 0 Å². The van der Waals surface area contributed by atoms with Crippen LogP contribution in [0.15, 0.2) is 16.7 Å². The zero-order valence-corrected chi connectivity index (χ0v) is 10.9. The summed E-state index contributed by atoms with van der Waals surface area (Å²) in [6.45, 7) is 8.67. The van der Waals surface area contributed by atoms with E-state index in [0.29, 0.717) is 5.92 Å². The number of allylic oxidation sites excluding steroid dienone is 4. The fourth-order valence-electron chi connectivity index (χ4n) is 1.16. The molecule has 0 saturated carbocycles. The first-order chi connectivity index (χ1) is 5.54. The molecular formula is C9H17Cl2SiTi-. The molecule has 76 valence electrons. The van der Waals surface area contributed by atoms with E-state index in [-0.39, 0.29) is 11.0 Å². The molecule has 0 heterocycles. The van der Waals surface area contributed by atoms with Crippen molar-refractivity contribution in [1.82, 2.24) is 0 Å². The first-order valence-corrected chi connectivity index (χ1v) is 8.08. The molecule has 1 unspecified atom stereocenters. The summed E-state index contributed by atoms with van der Waals surface area (Å²) in [6.07, 6.45) is 3.36. The summed E-state index contributed by atoms with van der Waals surface area (Å²) in [6, 6.07) is 0. The Labute approximate surface area is 102 Å². The summed E-state index contributed by atoms with van der Waals surface area (Å²) in [5.74, 6) is 0.560. The molecule has 1 aliphatic carbocycles. The van der Waals surface area contributed by atoms with E-state index >= 15 is 0 Å². The van der Waals surface area contributed by atoms with Crippen molar-refractivity contribution < 1.29 is 17.0 Å². The fourth-order valence-corrected chi connectivity index (χ4v) is 1.16. The summed E-state index contributed by atoms with van der Waals surface area (Å²) in [5, 5.41) is 0. The summed E-state index contributed by atoms with van der Waals surface area (Å²) in [4.78, 5) is 0. The molecule has 0 N–H and O–H groups in total. The van der Waals surface area contributed by atoms with Crippen LogP contribution in [0, 0.1) is 12.0 Å². The van der Waals surface area contributed by atoms with Gasteiger partial charge in [0.05, 0.1) is 0 Å². The zero-order chi connectivity index (χ0) is 9.72. The zero-order valence-electron chi connectivity index (χ0n) is 7.83. The maximum atomic E-state index is 4.89. The van der Waals surface area contributed by atoms with Gasteiger partial charge in [0, 0.05) is 0 Å². The van der Waals surface area contributed by atoms with Gasteiger partial charge in [-0.2, -0.15) is 11.1 Å². The minimum atomic E-state index is -0.556. The van der Waals surface area contributed by atoms with E-state index in [1.54, 1.807) is 0 Å². The SMILES string of the molecule is CC1=[C-]C(C)C(C)=C1C.[Cl][Ti][Cl].[SiH4]. The summed E-state index contributed by atoms with van der Waals surface area (Å²) in [5.41, 5.74) is 4.25. The Balaban J connectivity index is 0. The van der Waals surface area contributed by atoms with Gasteiger partial charge in [0.1, 0.15) is 0 Å². The van der Waals surface area contributed by atoms with E-state index in [1.807, 2.05) is 0 Å². The molecule has 1 aliphatic rings. The number of hydrogen-bond donors (Lipinski definition) is 0. The molecule has 0 aliphatic heterocycles. The van der Waals surface area contributed by atoms with Gasteiger partial charge in [0.15, 0.2) is 0 Å². The quantitative estimate of drug-likeness (QED) is 0.470. The van der Waals surface area contributed by atoms with Gasteiger partial charge in [-0.3, -0.25) is 6.08 Å². The van der Waals surface area contributed by atoms with Crippen LogP contribution in [0.25, 0.3) is 0 Å². The Morgan fingerprint density at radius 1 is 1.23 bits per heavy atom. The Kier molecular flexibility index (Phi) is 10.5. The van der Waals surface area contributed by atoms with Crippen molar-refractivity contribution in [2.45, 2.75) is 27.7 Å². The molecule has 0 bridgehead atoms. The van der Waals surface area contributed by atoms with E-state index in [0.717, 1.165) is 0 Å². The van der Waals surface area contributed by atoms with Crippen LogP contribution in [0.2, 0.25) is 0 Å². The summed E-state index contributed by atoms with van der Waals surface area (Å²) in [7, 11) is 9.78. The van der Waals surface area contributed by atoms with Crippen LogP contribution in [0.5, 0.6) is 0 Å². The third-order valence-corrected chi connectivity index (χ3v) is 2.24. The maximum Gasteiger partial charge on any atom is -0.0149 e. The predicted molar refractivity (Wildman–Crippen MR) is 63.0 cm³/mol. The van der Waals surface area contributed by atoms with Crippen molar-refractivity contribution >= 4 is 29.6 Å². The van der Waals surface area contributed by atoms with Crippen LogP contribution in [-0.4, -0.2) is 11.0 Å². The number of hydrogen-bond acceptors (Lipinski definition) is 0. The molecule has 13 heavy (non-hydrogen) atoms. The summed E-state index contributed by atoms with van der Waals surface area (Å²) >= 11 is -0.556. The van der Waals surface area contributed by atoms with Gasteiger partial charge in [-0.1, -0.05) is 26.7 Å². The second-order valence-corrected chi connectivity index (χ2v) is 5.45. The van der Waals surface area contributed by atoms with E-state index in [9.17, 15) is 0 Å². The fraction of sp³-hybridized carbons (Fsp3) is 0.556. The number of rotatable bonds is 0. The molecule has 0 radical (unpaired) electrons. The molecule has 0 spiro atoms. The molecule has 0 aromatic carbocycles. The largest absolute Gasteiger partial charge is 0.0149 e. The molecular weight excluding hydrogens is 255 g/mol. The van der Waals surface area contributed by atoms with Gasteiger partial charge < -0.3 is 0 Å². The normalized spacial score (nSPS) is 19.8. The third-order valence-electron chi connectivity index (χ3n) is 2.24. The first kappa shape index (κ1) is 16.4. The van der Waals surface area contributed by atoms with Crippen molar-refractivity contribution in [2.24, 2.45) is 5.92 Å². The van der Waals surface area contributed by atoms with Crippen molar-refractivity contribution in [3.63, 3.8) is 0 Å². The average molecular weight is 272 g/mol. The Morgan fingerprint density at radius 2 is 1.62 bits per heavy atom. The standard InChI is InChI=1S/C9H13.2ClH.H4Si.Ti/c1-6-5-7(2)9(4)8(6)3;;;;/h6H,1-4H3;2*1H;1H4;/q-1;;;;+2/p-2. The van der Waals surface area contributed by atoms with Crippen molar-refractivity contribution in [2.75, 3.05) is 0 Å². The first-order valence-electron chi connectivity index (χ1n) is 3.78. The van der Waals surface area contributed by atoms with Gasteiger partial charge in [-0.25, -0.2) is 5.57 Å². The Hall–Kier alpha value is 0.991. The van der Waals surface area contributed by atoms with E-state index in [1.165, 1.54) is 16.7 Å². The third kappa shape index (κ3) is 5.44. The molecule has 0 amide bonds. The molecule has 1 atom stereocenters. The molecule has 1 rings (SSSR count). The van der Waals surface area contributed by atoms with Crippen molar-refractivity contribution in [3.05, 3.63) is 22.8 Å². The summed E-state index contributed by atoms with van der Waals surface area (Å²) < 4.78 is 0. The van der Waals surface area contributed by atoms with E-state index in [2.05, 4.69) is 33.8 Å². The van der Waals surface area contributed by atoms with Crippen LogP contribution in [0.1, 0.15) is 27.7 Å². The second-order valence-electron chi connectivity index (χ2n) is 2.87. The smallest absolute Gasteiger partial charge is 0.0149 e. The van der Waals surface area contributed by atoms with Gasteiger partial charge in [0.2, 0.25) is 0 Å². The number of halogens is 2. The van der Waals surface area contributed by atoms with E-state index < -0.39 is 17.0 Å². The molecule has 0 saturated heterocycles. The van der Waals surface area contributed by atoms with Gasteiger partial charge in [0.25, 0.3) is 0 Å². The minimum absolute atomic E-state index is 0. The molecule has 4 heteroatoms. The van der Waals surface area contributed by atoms with Gasteiger partial charge >= 0.3 is 35.6 Å². The van der Waals surface area contributed by atoms with Crippen LogP contribution in [0.4, 0.5) is 0 Å². The minimum Gasteiger partial charge on any atom is -0.0149 e. The Bertz CT molecular complexity index is 212. The Morgan fingerprint density at radius 3 is 1.69 bits per heavy atom. The average Bonchev–Trinajstić information content (AvgIpc) is 2.20. The molecule has 0 nitrogen and oxygen atoms in total. The van der Waals surface area contributed by atoms with Crippen molar-refractivity contribution in [3.8, 4) is 0 Å². The van der Waals surface area contributed by atoms with Crippen LogP contribution in [0.3, 0.4) is 0 Å². The monoisotopic (exact) mass is 271 g/mol. The van der Waals surface area contributed by atoms with Crippen LogP contribution in [-0.2, 0) is 17.0 Å². The maximum absolute atomic E-state index is 4.89. The molecule has 0 fully saturated rings. The van der Waals surface area contributed by atoms with Crippen molar-refractivity contribution in [1.29, 1.82) is 0 Å². The van der Waals surface area contributed by atoms with E-state index in [4.69, 9.17) is 18.6 Å².